The Morgan fingerprint density at radius 1 is 0.686 bits per heavy atom. The Kier molecular flexibility index (Phi) is 16.6. The van der Waals surface area contributed by atoms with Gasteiger partial charge in [-0.1, -0.05) is 116 Å². The van der Waals surface area contributed by atoms with Gasteiger partial charge in [-0.25, -0.2) is 9.97 Å². The van der Waals surface area contributed by atoms with Crippen molar-refractivity contribution in [3.8, 4) is 17.1 Å². The summed E-state index contributed by atoms with van der Waals surface area (Å²) in [5, 5.41) is 0. The lowest BCUT2D eigenvalue weighted by molar-refractivity contribution is -0.134. The zero-order valence-electron chi connectivity index (χ0n) is 22.2. The molecule has 2 aromatic rings. The predicted octanol–water partition coefficient (Wildman–Crippen LogP) is 9.48. The van der Waals surface area contributed by atoms with Crippen LogP contribution in [-0.4, -0.2) is 15.9 Å². The second-order valence-corrected chi connectivity index (χ2v) is 9.83. The molecule has 0 radical (unpaired) electrons. The minimum Gasteiger partial charge on any atom is -0.427 e. The number of nitrogens with zero attached hydrogens (tertiary/aromatic N) is 2. The number of hydrogen-bond acceptors (Lipinski definition) is 4. The van der Waals surface area contributed by atoms with Crippen LogP contribution in [0.2, 0.25) is 0 Å². The first kappa shape index (κ1) is 29.0. The number of unbranched alkanes of at least 4 members (excludes halogenated alkanes) is 7. The molecule has 1 saturated carbocycles. The molecule has 0 saturated heterocycles. The van der Waals surface area contributed by atoms with E-state index in [1.165, 1.54) is 103 Å². The second kappa shape index (κ2) is 20.0. The van der Waals surface area contributed by atoms with E-state index in [1.54, 1.807) is 30.6 Å². The van der Waals surface area contributed by atoms with Gasteiger partial charge >= 0.3 is 5.97 Å². The van der Waals surface area contributed by atoms with E-state index in [0.717, 1.165) is 18.4 Å². The molecule has 1 aliphatic rings. The van der Waals surface area contributed by atoms with Gasteiger partial charge in [0.1, 0.15) is 5.75 Å². The van der Waals surface area contributed by atoms with E-state index < -0.39 is 0 Å². The summed E-state index contributed by atoms with van der Waals surface area (Å²) in [6, 6.07) is 9.10. The van der Waals surface area contributed by atoms with E-state index in [2.05, 4.69) is 16.9 Å². The number of esters is 1. The van der Waals surface area contributed by atoms with E-state index >= 15 is 0 Å². The van der Waals surface area contributed by atoms with E-state index in [-0.39, 0.29) is 5.97 Å². The molecule has 194 valence electrons. The first-order valence-electron chi connectivity index (χ1n) is 14.4. The van der Waals surface area contributed by atoms with Crippen LogP contribution in [0.3, 0.4) is 0 Å². The van der Waals surface area contributed by atoms with Crippen molar-refractivity contribution >= 4 is 5.97 Å². The quantitative estimate of drug-likeness (QED) is 0.182. The van der Waals surface area contributed by atoms with Gasteiger partial charge in [0.2, 0.25) is 0 Å². The van der Waals surface area contributed by atoms with Crippen LogP contribution in [0.5, 0.6) is 5.75 Å². The largest absolute Gasteiger partial charge is 0.427 e. The smallest absolute Gasteiger partial charge is 0.311 e. The Bertz CT molecular complexity index is 728. The molecule has 1 aromatic heterocycles. The fourth-order valence-corrected chi connectivity index (χ4v) is 4.47. The molecule has 0 amide bonds. The molecule has 1 aromatic carbocycles. The van der Waals surface area contributed by atoms with Crippen molar-refractivity contribution in [1.29, 1.82) is 0 Å². The zero-order chi connectivity index (χ0) is 24.8. The molecule has 4 heteroatoms. The number of carbonyl (C=O) groups excluding carboxylic acids is 1. The van der Waals surface area contributed by atoms with E-state index in [1.807, 2.05) is 12.1 Å². The Morgan fingerprint density at radius 3 is 1.63 bits per heavy atom. The Hall–Kier alpha value is -2.23. The van der Waals surface area contributed by atoms with Gasteiger partial charge in [0, 0.05) is 24.4 Å². The highest BCUT2D eigenvalue weighted by molar-refractivity contribution is 5.72. The molecule has 0 bridgehead atoms. The SMILES string of the molecule is C1CCCCCCCCC1.CCCCCCCCCCC(=O)Oc1ccc(-c2ncccn2)cc1. The van der Waals surface area contributed by atoms with Crippen molar-refractivity contribution < 1.29 is 9.53 Å². The highest BCUT2D eigenvalue weighted by Gasteiger charge is 2.06. The van der Waals surface area contributed by atoms with Crippen LogP contribution in [0.15, 0.2) is 42.7 Å². The van der Waals surface area contributed by atoms with Gasteiger partial charge < -0.3 is 4.74 Å². The minimum atomic E-state index is -0.158. The van der Waals surface area contributed by atoms with Crippen LogP contribution in [0.4, 0.5) is 0 Å². The molecule has 1 fully saturated rings. The topological polar surface area (TPSA) is 52.1 Å². The third-order valence-corrected chi connectivity index (χ3v) is 6.64. The highest BCUT2D eigenvalue weighted by Crippen LogP contribution is 2.20. The van der Waals surface area contributed by atoms with Crippen LogP contribution in [-0.2, 0) is 4.79 Å². The predicted molar refractivity (Wildman–Crippen MR) is 146 cm³/mol. The van der Waals surface area contributed by atoms with E-state index in [0.29, 0.717) is 18.0 Å². The molecular weight excluding hydrogens is 432 g/mol. The molecule has 0 unspecified atom stereocenters. The average molecular weight is 481 g/mol. The van der Waals surface area contributed by atoms with Crippen molar-refractivity contribution in [2.45, 2.75) is 129 Å². The summed E-state index contributed by atoms with van der Waals surface area (Å²) >= 11 is 0. The maximum atomic E-state index is 11.9. The summed E-state index contributed by atoms with van der Waals surface area (Å²) in [6.07, 6.45) is 28.7. The number of hydrogen-bond donors (Lipinski definition) is 0. The van der Waals surface area contributed by atoms with Crippen LogP contribution in [0, 0.1) is 0 Å². The van der Waals surface area contributed by atoms with Crippen molar-refractivity contribution in [3.05, 3.63) is 42.7 Å². The molecule has 0 atom stereocenters. The molecule has 1 aliphatic carbocycles. The van der Waals surface area contributed by atoms with Gasteiger partial charge in [-0.15, -0.1) is 0 Å². The fourth-order valence-electron chi connectivity index (χ4n) is 4.47. The summed E-state index contributed by atoms with van der Waals surface area (Å²) in [6.45, 7) is 2.23. The number of benzene rings is 1. The normalized spacial score (nSPS) is 14.4. The number of carbonyl (C=O) groups is 1. The van der Waals surface area contributed by atoms with Crippen molar-refractivity contribution in [2.24, 2.45) is 0 Å². The monoisotopic (exact) mass is 480 g/mol. The van der Waals surface area contributed by atoms with Gasteiger partial charge in [0.05, 0.1) is 0 Å². The molecule has 0 N–H and O–H groups in total. The van der Waals surface area contributed by atoms with Crippen molar-refractivity contribution in [2.75, 3.05) is 0 Å². The van der Waals surface area contributed by atoms with Crippen LogP contribution < -0.4 is 4.74 Å². The lowest BCUT2D eigenvalue weighted by Gasteiger charge is -2.05. The van der Waals surface area contributed by atoms with Crippen LogP contribution in [0.1, 0.15) is 129 Å². The lowest BCUT2D eigenvalue weighted by Crippen LogP contribution is -2.07. The summed E-state index contributed by atoms with van der Waals surface area (Å²) in [4.78, 5) is 20.3. The Balaban J connectivity index is 0.000000360. The van der Waals surface area contributed by atoms with E-state index in [4.69, 9.17) is 4.74 Å². The van der Waals surface area contributed by atoms with Gasteiger partial charge in [-0.2, -0.15) is 0 Å². The summed E-state index contributed by atoms with van der Waals surface area (Å²) in [7, 11) is 0. The first-order valence-corrected chi connectivity index (χ1v) is 14.4. The molecular formula is C31H48N2O2. The molecule has 0 spiro atoms. The third-order valence-electron chi connectivity index (χ3n) is 6.64. The first-order chi connectivity index (χ1) is 17.3. The zero-order valence-corrected chi connectivity index (χ0v) is 22.2. The van der Waals surface area contributed by atoms with Crippen molar-refractivity contribution in [3.63, 3.8) is 0 Å². The number of rotatable bonds is 11. The fraction of sp³-hybridized carbons (Fsp3) is 0.645. The maximum absolute atomic E-state index is 11.9. The summed E-state index contributed by atoms with van der Waals surface area (Å²) in [5.74, 6) is 1.08. The summed E-state index contributed by atoms with van der Waals surface area (Å²) in [5.41, 5.74) is 0.906. The Morgan fingerprint density at radius 2 is 1.14 bits per heavy atom. The number of aromatic nitrogens is 2. The second-order valence-electron chi connectivity index (χ2n) is 9.83. The van der Waals surface area contributed by atoms with Gasteiger partial charge in [-0.05, 0) is 36.8 Å². The molecule has 35 heavy (non-hydrogen) atoms. The molecule has 1 heterocycles. The minimum absolute atomic E-state index is 0.158. The van der Waals surface area contributed by atoms with Crippen LogP contribution in [0.25, 0.3) is 11.4 Å². The third kappa shape index (κ3) is 14.7. The van der Waals surface area contributed by atoms with E-state index in [9.17, 15) is 4.79 Å². The Labute approximate surface area is 214 Å². The van der Waals surface area contributed by atoms with Gasteiger partial charge in [0.25, 0.3) is 0 Å². The molecule has 3 rings (SSSR count). The van der Waals surface area contributed by atoms with Crippen molar-refractivity contribution in [1.82, 2.24) is 9.97 Å². The highest BCUT2D eigenvalue weighted by atomic mass is 16.5. The maximum Gasteiger partial charge on any atom is 0.311 e. The molecule has 4 nitrogen and oxygen atoms in total. The van der Waals surface area contributed by atoms with Gasteiger partial charge in [-0.3, -0.25) is 4.79 Å². The standard InChI is InChI=1S/C21H28N2O2.C10H20/c1-2-3-4-5-6-7-8-9-11-20(24)25-19-14-12-18(13-15-19)21-22-16-10-17-23-21;1-2-4-6-8-10-9-7-5-3-1/h10,12-17H,2-9,11H2,1H3;1-10H2. The van der Waals surface area contributed by atoms with Crippen LogP contribution >= 0.6 is 0 Å². The number of ether oxygens (including phenoxy) is 1. The molecule has 0 aliphatic heterocycles. The summed E-state index contributed by atoms with van der Waals surface area (Å²) < 4.78 is 5.39. The van der Waals surface area contributed by atoms with Gasteiger partial charge in [0.15, 0.2) is 5.82 Å². The lowest BCUT2D eigenvalue weighted by atomic mass is 10.0. The average Bonchev–Trinajstić information content (AvgIpc) is 2.90.